The summed E-state index contributed by atoms with van der Waals surface area (Å²) in [6, 6.07) is 13.3. The van der Waals surface area contributed by atoms with Crippen molar-refractivity contribution in [2.75, 3.05) is 30.0 Å². The minimum atomic E-state index is -3.64. The molecule has 0 spiro atoms. The molecule has 0 fully saturated rings. The second-order valence-corrected chi connectivity index (χ2v) is 9.81. The molecule has 0 aliphatic rings. The van der Waals surface area contributed by atoms with Gasteiger partial charge in [-0.2, -0.15) is 11.8 Å². The molecule has 2 aromatic carbocycles. The maximum absolute atomic E-state index is 12.5. The van der Waals surface area contributed by atoms with Crippen LogP contribution in [-0.2, 0) is 20.6 Å². The van der Waals surface area contributed by atoms with Crippen LogP contribution in [0.3, 0.4) is 0 Å². The van der Waals surface area contributed by atoms with Crippen LogP contribution in [0, 0.1) is 0 Å². The Labute approximate surface area is 181 Å². The number of halogens is 1. The molecule has 0 saturated carbocycles. The van der Waals surface area contributed by atoms with E-state index in [-0.39, 0.29) is 5.91 Å². The van der Waals surface area contributed by atoms with Gasteiger partial charge in [-0.05, 0) is 48.9 Å². The number of carbonyl (C=O) groups excluding carboxylic acids is 1. The summed E-state index contributed by atoms with van der Waals surface area (Å²) in [5.41, 5.74) is 1.52. The highest BCUT2D eigenvalue weighted by Crippen LogP contribution is 2.24. The first-order valence-electron chi connectivity index (χ1n) is 8.95. The highest BCUT2D eigenvalue weighted by atomic mass is 35.5. The smallest absolute Gasteiger partial charge is 0.243 e. The molecule has 1 N–H and O–H groups in total. The Bertz CT molecular complexity index is 920. The highest BCUT2D eigenvalue weighted by Gasteiger charge is 2.28. The van der Waals surface area contributed by atoms with Crippen molar-refractivity contribution >= 4 is 45.0 Å². The van der Waals surface area contributed by atoms with Crippen molar-refractivity contribution in [3.63, 3.8) is 0 Å². The van der Waals surface area contributed by atoms with Crippen LogP contribution in [0.25, 0.3) is 0 Å². The Morgan fingerprint density at radius 2 is 1.93 bits per heavy atom. The first kappa shape index (κ1) is 23.4. The predicted molar refractivity (Wildman–Crippen MR) is 120 cm³/mol. The maximum atomic E-state index is 12.5. The number of hydrogen-bond donors (Lipinski definition) is 1. The van der Waals surface area contributed by atoms with Gasteiger partial charge in [-0.3, -0.25) is 9.10 Å². The molecule has 0 unspecified atom stereocenters. The Hall–Kier alpha value is -1.90. The van der Waals surface area contributed by atoms with E-state index in [1.807, 2.05) is 24.3 Å². The van der Waals surface area contributed by atoms with Crippen molar-refractivity contribution in [3.8, 4) is 5.75 Å². The summed E-state index contributed by atoms with van der Waals surface area (Å²) in [4.78, 5) is 12.5. The van der Waals surface area contributed by atoms with Crippen molar-refractivity contribution < 1.29 is 17.9 Å². The molecule has 6 nitrogen and oxygen atoms in total. The molecule has 9 heteroatoms. The van der Waals surface area contributed by atoms with Gasteiger partial charge in [0.05, 0.1) is 19.1 Å². The second-order valence-electron chi connectivity index (χ2n) is 6.41. The van der Waals surface area contributed by atoms with Crippen molar-refractivity contribution in [2.45, 2.75) is 18.7 Å². The molecule has 0 radical (unpaired) electrons. The normalized spacial score (nSPS) is 12.3. The summed E-state index contributed by atoms with van der Waals surface area (Å²) in [6.45, 7) is 2.01. The molecule has 2 aromatic rings. The fraction of sp³-hybridized carbons (Fsp3) is 0.350. The summed E-state index contributed by atoms with van der Waals surface area (Å²) < 4.78 is 30.8. The van der Waals surface area contributed by atoms with Gasteiger partial charge in [0.2, 0.25) is 15.9 Å². The molecule has 2 rings (SSSR count). The van der Waals surface area contributed by atoms with Crippen LogP contribution in [-0.4, -0.2) is 46.0 Å². The number of nitrogens with one attached hydrogen (secondary N) is 1. The van der Waals surface area contributed by atoms with Gasteiger partial charge in [0.25, 0.3) is 0 Å². The van der Waals surface area contributed by atoms with E-state index in [0.29, 0.717) is 28.8 Å². The number of ether oxygens (including phenoxy) is 1. The predicted octanol–water partition coefficient (Wildman–Crippen LogP) is 3.55. The van der Waals surface area contributed by atoms with E-state index in [1.165, 1.54) is 7.11 Å². The molecule has 0 aromatic heterocycles. The third-order valence-corrected chi connectivity index (χ3v) is 6.63. The molecule has 29 heavy (non-hydrogen) atoms. The average Bonchev–Trinajstić information content (AvgIpc) is 2.67. The fourth-order valence-electron chi connectivity index (χ4n) is 2.75. The number of amides is 1. The fourth-order valence-corrected chi connectivity index (χ4v) is 4.94. The molecule has 0 bridgehead atoms. The Kier molecular flexibility index (Phi) is 8.67. The van der Waals surface area contributed by atoms with Crippen LogP contribution >= 0.6 is 23.4 Å². The lowest BCUT2D eigenvalue weighted by Gasteiger charge is -2.28. The molecule has 158 valence electrons. The lowest BCUT2D eigenvalue weighted by Crippen LogP contribution is -2.48. The molecular formula is C20H25ClN2O4S2. The zero-order valence-corrected chi connectivity index (χ0v) is 19.0. The highest BCUT2D eigenvalue weighted by molar-refractivity contribution is 7.98. The number of benzene rings is 2. The minimum absolute atomic E-state index is 0.352. The van der Waals surface area contributed by atoms with E-state index in [0.717, 1.165) is 21.9 Å². The van der Waals surface area contributed by atoms with E-state index >= 15 is 0 Å². The van der Waals surface area contributed by atoms with Crippen LogP contribution in [0.2, 0.25) is 5.02 Å². The van der Waals surface area contributed by atoms with Gasteiger partial charge in [-0.25, -0.2) is 8.42 Å². The average molecular weight is 457 g/mol. The van der Waals surface area contributed by atoms with Gasteiger partial charge in [0.1, 0.15) is 11.8 Å². The number of thioether (sulfide) groups is 1. The number of rotatable bonds is 10. The molecular weight excluding hydrogens is 432 g/mol. The largest absolute Gasteiger partial charge is 0.497 e. The lowest BCUT2D eigenvalue weighted by atomic mass is 10.2. The van der Waals surface area contributed by atoms with Crippen LogP contribution in [0.15, 0.2) is 48.5 Å². The van der Waals surface area contributed by atoms with Crippen molar-refractivity contribution in [1.82, 2.24) is 5.32 Å². The molecule has 1 atom stereocenters. The zero-order chi connectivity index (χ0) is 21.4. The lowest BCUT2D eigenvalue weighted by molar-refractivity contribution is -0.121. The summed E-state index contributed by atoms with van der Waals surface area (Å²) in [5.74, 6) is 1.74. The van der Waals surface area contributed by atoms with Crippen molar-refractivity contribution in [1.29, 1.82) is 0 Å². The number of sulfonamides is 1. The quantitative estimate of drug-likeness (QED) is 0.553. The number of methoxy groups -OCH3 is 1. The van der Waals surface area contributed by atoms with Crippen LogP contribution in [0.5, 0.6) is 5.75 Å². The minimum Gasteiger partial charge on any atom is -0.497 e. The summed E-state index contributed by atoms with van der Waals surface area (Å²) in [7, 11) is -2.11. The van der Waals surface area contributed by atoms with Gasteiger partial charge in [0, 0.05) is 23.1 Å². The third kappa shape index (κ3) is 7.13. The summed E-state index contributed by atoms with van der Waals surface area (Å²) >= 11 is 7.63. The molecule has 0 heterocycles. The van der Waals surface area contributed by atoms with Gasteiger partial charge >= 0.3 is 0 Å². The number of anilines is 1. The van der Waals surface area contributed by atoms with E-state index in [2.05, 4.69) is 5.32 Å². The van der Waals surface area contributed by atoms with Gasteiger partial charge in [0.15, 0.2) is 0 Å². The van der Waals surface area contributed by atoms with Gasteiger partial charge < -0.3 is 10.1 Å². The zero-order valence-electron chi connectivity index (χ0n) is 16.6. The second kappa shape index (κ2) is 10.8. The van der Waals surface area contributed by atoms with E-state index in [9.17, 15) is 13.2 Å². The van der Waals surface area contributed by atoms with Crippen molar-refractivity contribution in [2.24, 2.45) is 0 Å². The monoisotopic (exact) mass is 456 g/mol. The Morgan fingerprint density at radius 3 is 2.52 bits per heavy atom. The number of nitrogens with zero attached hydrogens (tertiary/aromatic N) is 1. The van der Waals surface area contributed by atoms with Gasteiger partial charge in [-0.15, -0.1) is 0 Å². The number of hydrogen-bond acceptors (Lipinski definition) is 5. The Morgan fingerprint density at radius 1 is 1.24 bits per heavy atom. The third-order valence-electron chi connectivity index (χ3n) is 4.12. The maximum Gasteiger partial charge on any atom is 0.243 e. The number of carbonyl (C=O) groups is 1. The van der Waals surface area contributed by atoms with Crippen LogP contribution < -0.4 is 14.4 Å². The topological polar surface area (TPSA) is 75.7 Å². The first-order chi connectivity index (χ1) is 13.7. The molecule has 1 amide bonds. The molecule has 0 aliphatic carbocycles. The molecule has 0 saturated heterocycles. The Balaban J connectivity index is 1.91. The first-order valence-corrected chi connectivity index (χ1v) is 12.3. The summed E-state index contributed by atoms with van der Waals surface area (Å²) in [6.07, 6.45) is 1.09. The van der Waals surface area contributed by atoms with E-state index < -0.39 is 16.1 Å². The van der Waals surface area contributed by atoms with Crippen molar-refractivity contribution in [3.05, 3.63) is 59.1 Å². The standard InChI is InChI=1S/C20H25ClN2O4S2/c1-15(23(29(3,25)26)18-7-9-19(27-2)10-8-18)20(24)22-11-12-28-14-16-5-4-6-17(21)13-16/h4-10,13,15H,11-12,14H2,1-3H3,(H,22,24)/t15-/m0/s1. The van der Waals surface area contributed by atoms with E-state index in [4.69, 9.17) is 16.3 Å². The SMILES string of the molecule is COc1ccc(N([C@@H](C)C(=O)NCCSCc2cccc(Cl)c2)S(C)(=O)=O)cc1. The van der Waals surface area contributed by atoms with Gasteiger partial charge in [-0.1, -0.05) is 23.7 Å². The molecule has 0 aliphatic heterocycles. The summed E-state index contributed by atoms with van der Waals surface area (Å²) in [5, 5.41) is 3.51. The van der Waals surface area contributed by atoms with Crippen LogP contribution in [0.4, 0.5) is 5.69 Å². The van der Waals surface area contributed by atoms with Crippen LogP contribution in [0.1, 0.15) is 12.5 Å². The van der Waals surface area contributed by atoms with E-state index in [1.54, 1.807) is 43.0 Å².